The molecular weight excluding hydrogens is 365 g/mol. The van der Waals surface area contributed by atoms with E-state index in [1.54, 1.807) is 19.1 Å². The summed E-state index contributed by atoms with van der Waals surface area (Å²) in [4.78, 5) is 16.5. The van der Waals surface area contributed by atoms with Gasteiger partial charge in [-0.15, -0.1) is 0 Å². The van der Waals surface area contributed by atoms with E-state index >= 15 is 0 Å². The summed E-state index contributed by atoms with van der Waals surface area (Å²) in [6, 6.07) is 6.22. The van der Waals surface area contributed by atoms with Crippen molar-refractivity contribution in [3.05, 3.63) is 53.0 Å². The van der Waals surface area contributed by atoms with Crippen molar-refractivity contribution in [3.63, 3.8) is 0 Å². The van der Waals surface area contributed by atoms with Crippen molar-refractivity contribution in [1.29, 1.82) is 5.41 Å². The molecule has 2 rings (SSSR count). The Hall–Kier alpha value is -3.20. The number of pyridine rings is 1. The van der Waals surface area contributed by atoms with E-state index in [2.05, 4.69) is 15.6 Å². The maximum atomic E-state index is 13.0. The van der Waals surface area contributed by atoms with Crippen molar-refractivity contribution in [3.8, 4) is 0 Å². The lowest BCUT2D eigenvalue weighted by atomic mass is 9.97. The molecule has 150 valence electrons. The molecule has 1 atom stereocenters. The summed E-state index contributed by atoms with van der Waals surface area (Å²) >= 11 is 0. The number of aliphatic hydroxyl groups is 1. The molecule has 2 aromatic rings. The summed E-state index contributed by atoms with van der Waals surface area (Å²) in [5, 5.41) is 23.5. The molecule has 0 radical (unpaired) electrons. The average Bonchev–Trinajstić information content (AvgIpc) is 2.60. The number of carbonyl (C=O) groups is 1. The number of nitrogen functional groups attached to an aromatic ring is 1. The van der Waals surface area contributed by atoms with Gasteiger partial charge in [0.15, 0.2) is 0 Å². The number of nitrogens with one attached hydrogen (secondary N) is 3. The Morgan fingerprint density at radius 2 is 1.96 bits per heavy atom. The van der Waals surface area contributed by atoms with E-state index in [-0.39, 0.29) is 40.5 Å². The van der Waals surface area contributed by atoms with Crippen LogP contribution in [0.15, 0.2) is 30.3 Å². The third-order valence-electron chi connectivity index (χ3n) is 4.02. The second kappa shape index (κ2) is 8.22. The summed E-state index contributed by atoms with van der Waals surface area (Å²) < 4.78 is 17.9. The van der Waals surface area contributed by atoms with Crippen LogP contribution in [0.5, 0.6) is 0 Å². The highest BCUT2D eigenvalue weighted by Gasteiger charge is 2.27. The molecule has 0 spiro atoms. The molecule has 28 heavy (non-hydrogen) atoms. The minimum absolute atomic E-state index is 0.0984. The largest absolute Gasteiger partial charge is 0.481 e. The lowest BCUT2D eigenvalue weighted by Gasteiger charge is -2.23. The minimum atomic E-state index is -1.43. The Kier molecular flexibility index (Phi) is 6.19. The number of aromatic nitrogens is 1. The minimum Gasteiger partial charge on any atom is -0.481 e. The smallest absolute Gasteiger partial charge is 0.320 e. The van der Waals surface area contributed by atoms with Crippen molar-refractivity contribution in [1.82, 2.24) is 10.3 Å². The van der Waals surface area contributed by atoms with Gasteiger partial charge >= 0.3 is 6.03 Å². The fourth-order valence-electron chi connectivity index (χ4n) is 2.60. The number of halogens is 1. The predicted octanol–water partition coefficient (Wildman–Crippen LogP) is 2.88. The summed E-state index contributed by atoms with van der Waals surface area (Å²) in [6.07, 6.45) is 0. The number of carbonyl (C=O) groups excluding carboxylic acids is 1. The van der Waals surface area contributed by atoms with Crippen LogP contribution in [-0.4, -0.2) is 29.1 Å². The van der Waals surface area contributed by atoms with Crippen LogP contribution < -0.4 is 16.4 Å². The Balaban J connectivity index is 2.23. The van der Waals surface area contributed by atoms with Gasteiger partial charge in [0.2, 0.25) is 5.90 Å². The third-order valence-corrected chi connectivity index (χ3v) is 4.02. The number of ether oxygens (including phenoxy) is 1. The van der Waals surface area contributed by atoms with Crippen LogP contribution in [0.2, 0.25) is 0 Å². The van der Waals surface area contributed by atoms with E-state index in [4.69, 9.17) is 15.9 Å². The zero-order chi connectivity index (χ0) is 21.1. The monoisotopic (exact) mass is 389 g/mol. The molecule has 0 fully saturated rings. The predicted molar refractivity (Wildman–Crippen MR) is 105 cm³/mol. The second-order valence-electron chi connectivity index (χ2n) is 6.78. The van der Waals surface area contributed by atoms with Gasteiger partial charge in [0.25, 0.3) is 0 Å². The molecule has 1 aromatic carbocycles. The molecule has 1 heterocycles. The maximum Gasteiger partial charge on any atom is 0.320 e. The molecule has 1 aromatic heterocycles. The fourth-order valence-corrected chi connectivity index (χ4v) is 2.60. The standard InChI is InChI=1S/C19H24FN5O3/c1-10(11-5-7-12(20)8-6-11)23-18(26)25-14-9-13(21)15(17(22)28-4)16(24-14)19(2,3)27/h5-10,22,27H,1-4H3,(H4,21,23,24,25,26). The molecule has 0 aliphatic carbocycles. The van der Waals surface area contributed by atoms with Crippen LogP contribution in [0.1, 0.15) is 43.6 Å². The van der Waals surface area contributed by atoms with Gasteiger partial charge < -0.3 is 20.9 Å². The zero-order valence-corrected chi connectivity index (χ0v) is 16.1. The van der Waals surface area contributed by atoms with E-state index in [0.29, 0.717) is 0 Å². The van der Waals surface area contributed by atoms with Crippen LogP contribution in [0.3, 0.4) is 0 Å². The topological polar surface area (TPSA) is 133 Å². The van der Waals surface area contributed by atoms with Crippen LogP contribution >= 0.6 is 0 Å². The molecular formula is C19H24FN5O3. The number of methoxy groups -OCH3 is 1. The number of urea groups is 1. The number of hydrogen-bond acceptors (Lipinski definition) is 6. The van der Waals surface area contributed by atoms with E-state index in [0.717, 1.165) is 5.56 Å². The van der Waals surface area contributed by atoms with E-state index in [9.17, 15) is 14.3 Å². The van der Waals surface area contributed by atoms with Gasteiger partial charge in [0, 0.05) is 11.8 Å². The number of benzene rings is 1. The first kappa shape index (κ1) is 21.1. The van der Waals surface area contributed by atoms with E-state index in [1.807, 2.05) is 0 Å². The Labute approximate surface area is 162 Å². The second-order valence-corrected chi connectivity index (χ2v) is 6.78. The molecule has 0 saturated carbocycles. The summed E-state index contributed by atoms with van der Waals surface area (Å²) in [7, 11) is 1.31. The normalized spacial score (nSPS) is 12.2. The Bertz CT molecular complexity index is 878. The quantitative estimate of drug-likeness (QED) is 0.396. The van der Waals surface area contributed by atoms with Gasteiger partial charge in [-0.2, -0.15) is 0 Å². The van der Waals surface area contributed by atoms with E-state index in [1.165, 1.54) is 39.2 Å². The number of amides is 2. The number of rotatable bonds is 5. The number of nitrogens with two attached hydrogens (primary N) is 1. The maximum absolute atomic E-state index is 13.0. The molecule has 0 aliphatic heterocycles. The Morgan fingerprint density at radius 1 is 1.36 bits per heavy atom. The number of anilines is 2. The first-order valence-electron chi connectivity index (χ1n) is 8.52. The molecule has 6 N–H and O–H groups in total. The van der Waals surface area contributed by atoms with Crippen molar-refractivity contribution in [2.45, 2.75) is 32.4 Å². The van der Waals surface area contributed by atoms with Gasteiger partial charge in [-0.05, 0) is 38.5 Å². The van der Waals surface area contributed by atoms with Gasteiger partial charge in [-0.25, -0.2) is 14.2 Å². The lowest BCUT2D eigenvalue weighted by molar-refractivity contribution is 0.0736. The molecule has 9 heteroatoms. The van der Waals surface area contributed by atoms with Crippen LogP contribution in [0.4, 0.5) is 20.7 Å². The van der Waals surface area contributed by atoms with Crippen LogP contribution in [-0.2, 0) is 10.3 Å². The van der Waals surface area contributed by atoms with Crippen molar-refractivity contribution >= 4 is 23.4 Å². The van der Waals surface area contributed by atoms with Crippen LogP contribution in [0.25, 0.3) is 0 Å². The molecule has 0 aliphatic rings. The third kappa shape index (κ3) is 4.95. The van der Waals surface area contributed by atoms with Gasteiger partial charge in [-0.3, -0.25) is 10.7 Å². The van der Waals surface area contributed by atoms with Crippen molar-refractivity contribution in [2.24, 2.45) is 0 Å². The van der Waals surface area contributed by atoms with Gasteiger partial charge in [0.1, 0.15) is 17.2 Å². The summed E-state index contributed by atoms with van der Waals surface area (Å²) in [5.74, 6) is -0.505. The molecule has 8 nitrogen and oxygen atoms in total. The zero-order valence-electron chi connectivity index (χ0n) is 16.1. The molecule has 0 bridgehead atoms. The van der Waals surface area contributed by atoms with Gasteiger partial charge in [-0.1, -0.05) is 12.1 Å². The van der Waals surface area contributed by atoms with Gasteiger partial charge in [0.05, 0.1) is 24.4 Å². The molecule has 1 unspecified atom stereocenters. The fraction of sp³-hybridized carbons (Fsp3) is 0.316. The molecule has 2 amide bonds. The van der Waals surface area contributed by atoms with E-state index < -0.39 is 11.6 Å². The number of hydrogen-bond donors (Lipinski definition) is 5. The van der Waals surface area contributed by atoms with Crippen LogP contribution in [0, 0.1) is 11.2 Å². The van der Waals surface area contributed by atoms with Crippen molar-refractivity contribution in [2.75, 3.05) is 18.2 Å². The number of nitrogens with zero attached hydrogens (tertiary/aromatic N) is 1. The highest BCUT2D eigenvalue weighted by molar-refractivity contribution is 5.99. The first-order valence-corrected chi connectivity index (χ1v) is 8.52. The average molecular weight is 389 g/mol. The van der Waals surface area contributed by atoms with Crippen molar-refractivity contribution < 1.29 is 19.0 Å². The first-order chi connectivity index (χ1) is 13.0. The Morgan fingerprint density at radius 3 is 2.50 bits per heavy atom. The summed E-state index contributed by atoms with van der Waals surface area (Å²) in [6.45, 7) is 4.73. The highest BCUT2D eigenvalue weighted by atomic mass is 19.1. The SMILES string of the molecule is COC(=N)c1c(N)cc(NC(=O)NC(C)c2ccc(F)cc2)nc1C(C)(C)O. The lowest BCUT2D eigenvalue weighted by Crippen LogP contribution is -2.32. The highest BCUT2D eigenvalue weighted by Crippen LogP contribution is 2.29. The summed E-state index contributed by atoms with van der Waals surface area (Å²) in [5.41, 5.74) is 5.68. The molecule has 0 saturated heterocycles.